The molecule has 0 unspecified atom stereocenters. The average molecular weight is 458 g/mol. The van der Waals surface area contributed by atoms with E-state index in [1.165, 1.54) is 34.6 Å². The predicted molar refractivity (Wildman–Crippen MR) is 130 cm³/mol. The summed E-state index contributed by atoms with van der Waals surface area (Å²) in [7, 11) is 0. The number of nitrogens with zero attached hydrogens (tertiary/aromatic N) is 1. The van der Waals surface area contributed by atoms with Crippen molar-refractivity contribution >= 4 is 29.4 Å². The molecule has 2 fully saturated rings. The molecule has 4 nitrogen and oxygen atoms in total. The number of ether oxygens (including phenoxy) is 2. The van der Waals surface area contributed by atoms with Gasteiger partial charge in [-0.3, -0.25) is 4.79 Å². The predicted octanol–water partition coefficient (Wildman–Crippen LogP) is 5.62. The van der Waals surface area contributed by atoms with Gasteiger partial charge in [-0.2, -0.15) is 0 Å². The van der Waals surface area contributed by atoms with E-state index in [1.807, 2.05) is 46.6 Å². The minimum Gasteiger partial charge on any atom is -0.490 e. The number of piperidine rings is 1. The molecule has 2 aromatic rings. The van der Waals surface area contributed by atoms with Crippen LogP contribution in [0.15, 0.2) is 42.5 Å². The van der Waals surface area contributed by atoms with Crippen LogP contribution in [0.5, 0.6) is 11.5 Å². The second-order valence-corrected chi connectivity index (χ2v) is 11.0. The molecule has 0 atom stereocenters. The van der Waals surface area contributed by atoms with Crippen molar-refractivity contribution in [1.82, 2.24) is 4.90 Å². The molecule has 2 aliphatic rings. The number of thioether (sulfide) groups is 2. The smallest absolute Gasteiger partial charge is 0.260 e. The Morgan fingerprint density at radius 2 is 1.65 bits per heavy atom. The first-order valence-electron chi connectivity index (χ1n) is 11.1. The number of benzene rings is 2. The molecule has 0 spiro atoms. The molecule has 2 aromatic carbocycles. The second-order valence-electron chi connectivity index (χ2n) is 8.23. The maximum atomic E-state index is 12.6. The number of amides is 1. The molecule has 0 saturated carbocycles. The van der Waals surface area contributed by atoms with Crippen LogP contribution < -0.4 is 9.47 Å². The van der Waals surface area contributed by atoms with Gasteiger partial charge in [0.15, 0.2) is 6.61 Å². The first kappa shape index (κ1) is 22.4. The number of aryl methyl sites for hydroxylation is 2. The van der Waals surface area contributed by atoms with Crippen LogP contribution in [0.1, 0.15) is 40.5 Å². The Morgan fingerprint density at radius 1 is 0.968 bits per heavy atom. The van der Waals surface area contributed by atoms with E-state index in [1.54, 1.807) is 0 Å². The third-order valence-electron chi connectivity index (χ3n) is 5.92. The third kappa shape index (κ3) is 6.13. The quantitative estimate of drug-likeness (QED) is 0.563. The van der Waals surface area contributed by atoms with Crippen LogP contribution in [0.2, 0.25) is 0 Å². The third-order valence-corrected chi connectivity index (χ3v) is 8.93. The van der Waals surface area contributed by atoms with Crippen LogP contribution in [-0.4, -0.2) is 48.1 Å². The zero-order chi connectivity index (χ0) is 21.6. The van der Waals surface area contributed by atoms with E-state index < -0.39 is 0 Å². The fourth-order valence-corrected chi connectivity index (χ4v) is 6.73. The van der Waals surface area contributed by atoms with Crippen molar-refractivity contribution < 1.29 is 14.3 Å². The lowest BCUT2D eigenvalue weighted by Gasteiger charge is -2.32. The molecule has 4 rings (SSSR count). The Labute approximate surface area is 194 Å². The largest absolute Gasteiger partial charge is 0.490 e. The monoisotopic (exact) mass is 457 g/mol. The number of likely N-dealkylation sites (tertiary alicyclic amines) is 1. The van der Waals surface area contributed by atoms with Crippen molar-refractivity contribution in [3.63, 3.8) is 0 Å². The van der Waals surface area contributed by atoms with Gasteiger partial charge in [-0.15, -0.1) is 23.5 Å². The summed E-state index contributed by atoms with van der Waals surface area (Å²) in [5, 5.41) is 0. The SMILES string of the molecule is Cc1ccc(OC2CCN(C(=O)COc3ccc(C4SCCCS4)cc3)CC2)cc1C. The molecular weight excluding hydrogens is 426 g/mol. The molecule has 166 valence electrons. The van der Waals surface area contributed by atoms with Crippen LogP contribution in [-0.2, 0) is 4.79 Å². The molecule has 2 aliphatic heterocycles. The fourth-order valence-electron chi connectivity index (χ4n) is 3.84. The minimum absolute atomic E-state index is 0.0482. The lowest BCUT2D eigenvalue weighted by atomic mass is 10.1. The summed E-state index contributed by atoms with van der Waals surface area (Å²) in [5.74, 6) is 4.20. The summed E-state index contributed by atoms with van der Waals surface area (Å²) in [5.41, 5.74) is 3.85. The molecule has 6 heteroatoms. The maximum Gasteiger partial charge on any atom is 0.260 e. The van der Waals surface area contributed by atoms with Gasteiger partial charge in [0.2, 0.25) is 0 Å². The molecule has 2 saturated heterocycles. The summed E-state index contributed by atoms with van der Waals surface area (Å²) in [6.07, 6.45) is 3.16. The number of hydrogen-bond acceptors (Lipinski definition) is 5. The van der Waals surface area contributed by atoms with Gasteiger partial charge >= 0.3 is 0 Å². The Hall–Kier alpha value is -1.79. The maximum absolute atomic E-state index is 12.6. The van der Waals surface area contributed by atoms with Gasteiger partial charge in [0.25, 0.3) is 5.91 Å². The molecule has 31 heavy (non-hydrogen) atoms. The minimum atomic E-state index is 0.0482. The summed E-state index contributed by atoms with van der Waals surface area (Å²) in [6, 6.07) is 14.5. The molecule has 2 heterocycles. The Kier molecular flexibility index (Phi) is 7.72. The highest BCUT2D eigenvalue weighted by molar-refractivity contribution is 8.16. The number of hydrogen-bond donors (Lipinski definition) is 0. The zero-order valence-corrected chi connectivity index (χ0v) is 20.0. The van der Waals surface area contributed by atoms with E-state index in [-0.39, 0.29) is 18.6 Å². The van der Waals surface area contributed by atoms with Gasteiger partial charge in [0, 0.05) is 25.9 Å². The van der Waals surface area contributed by atoms with Crippen molar-refractivity contribution in [2.75, 3.05) is 31.2 Å². The summed E-state index contributed by atoms with van der Waals surface area (Å²) < 4.78 is 12.4. The number of carbonyl (C=O) groups is 1. The van der Waals surface area contributed by atoms with Crippen molar-refractivity contribution in [3.05, 3.63) is 59.2 Å². The molecule has 0 radical (unpaired) electrons. The molecule has 0 aromatic heterocycles. The van der Waals surface area contributed by atoms with Gasteiger partial charge in [-0.05, 0) is 72.7 Å². The molecular formula is C25H31NO3S2. The van der Waals surface area contributed by atoms with Crippen LogP contribution in [0.25, 0.3) is 0 Å². The number of rotatable bonds is 6. The highest BCUT2D eigenvalue weighted by Gasteiger charge is 2.24. The highest BCUT2D eigenvalue weighted by Crippen LogP contribution is 2.43. The van der Waals surface area contributed by atoms with Crippen molar-refractivity contribution in [1.29, 1.82) is 0 Å². The first-order valence-corrected chi connectivity index (χ1v) is 13.2. The van der Waals surface area contributed by atoms with Crippen molar-refractivity contribution in [3.8, 4) is 11.5 Å². The Bertz CT molecular complexity index is 873. The van der Waals surface area contributed by atoms with E-state index in [2.05, 4.69) is 38.1 Å². The van der Waals surface area contributed by atoms with Gasteiger partial charge in [0.1, 0.15) is 17.6 Å². The molecule has 1 amide bonds. The van der Waals surface area contributed by atoms with Gasteiger partial charge in [-0.1, -0.05) is 18.2 Å². The highest BCUT2D eigenvalue weighted by atomic mass is 32.2. The second kappa shape index (κ2) is 10.7. The average Bonchev–Trinajstić information content (AvgIpc) is 2.81. The summed E-state index contributed by atoms with van der Waals surface area (Å²) in [6.45, 7) is 5.73. The standard InChI is InChI=1S/C25H31NO3S2/c1-18-4-7-23(16-19(18)2)29-22-10-12-26(13-11-22)24(27)17-28-21-8-5-20(6-9-21)25-30-14-3-15-31-25/h4-9,16,22,25H,3,10-15,17H2,1-2H3. The summed E-state index contributed by atoms with van der Waals surface area (Å²) in [4.78, 5) is 14.5. The van der Waals surface area contributed by atoms with Crippen LogP contribution >= 0.6 is 23.5 Å². The molecule has 0 N–H and O–H groups in total. The van der Waals surface area contributed by atoms with E-state index >= 15 is 0 Å². The van der Waals surface area contributed by atoms with Crippen LogP contribution in [0, 0.1) is 13.8 Å². The molecule has 0 aliphatic carbocycles. The Morgan fingerprint density at radius 3 is 2.32 bits per heavy atom. The van der Waals surface area contributed by atoms with Crippen molar-refractivity contribution in [2.24, 2.45) is 0 Å². The number of carbonyl (C=O) groups excluding carboxylic acids is 1. The van der Waals surface area contributed by atoms with Crippen molar-refractivity contribution in [2.45, 2.75) is 43.8 Å². The van der Waals surface area contributed by atoms with Crippen LogP contribution in [0.4, 0.5) is 0 Å². The van der Waals surface area contributed by atoms with Gasteiger partial charge in [0.05, 0.1) is 4.58 Å². The lowest BCUT2D eigenvalue weighted by molar-refractivity contribution is -0.135. The van der Waals surface area contributed by atoms with E-state index in [0.29, 0.717) is 17.7 Å². The topological polar surface area (TPSA) is 38.8 Å². The lowest BCUT2D eigenvalue weighted by Crippen LogP contribution is -2.43. The Balaban J connectivity index is 1.20. The zero-order valence-electron chi connectivity index (χ0n) is 18.3. The normalized spacial score (nSPS) is 18.1. The van der Waals surface area contributed by atoms with Gasteiger partial charge < -0.3 is 14.4 Å². The first-order chi connectivity index (χ1) is 15.1. The fraction of sp³-hybridized carbons (Fsp3) is 0.480. The van der Waals surface area contributed by atoms with Crippen LogP contribution in [0.3, 0.4) is 0 Å². The van der Waals surface area contributed by atoms with E-state index in [9.17, 15) is 4.79 Å². The summed E-state index contributed by atoms with van der Waals surface area (Å²) >= 11 is 4.02. The van der Waals surface area contributed by atoms with E-state index in [4.69, 9.17) is 9.47 Å². The van der Waals surface area contributed by atoms with E-state index in [0.717, 1.165) is 24.3 Å². The van der Waals surface area contributed by atoms with Gasteiger partial charge in [-0.25, -0.2) is 0 Å². The molecule has 0 bridgehead atoms.